The Morgan fingerprint density at radius 1 is 0.923 bits per heavy atom. The van der Waals surface area contributed by atoms with Gasteiger partial charge in [0.2, 0.25) is 0 Å². The predicted molar refractivity (Wildman–Crippen MR) is 93.0 cm³/mol. The van der Waals surface area contributed by atoms with Crippen molar-refractivity contribution in [1.82, 2.24) is 9.97 Å². The Morgan fingerprint density at radius 3 is 2.15 bits per heavy atom. The van der Waals surface area contributed by atoms with Gasteiger partial charge in [0, 0.05) is 0 Å². The molecular formula is C18H15N3O5. The molecular weight excluding hydrogens is 338 g/mol. The fourth-order valence-electron chi connectivity index (χ4n) is 2.18. The molecule has 0 aliphatic rings. The molecule has 0 aliphatic carbocycles. The molecule has 0 unspecified atom stereocenters. The molecule has 1 aromatic heterocycles. The van der Waals surface area contributed by atoms with Crippen LogP contribution in [0.15, 0.2) is 54.9 Å². The van der Waals surface area contributed by atoms with E-state index < -0.39 is 10.6 Å². The Labute approximate surface area is 149 Å². The first-order valence-electron chi connectivity index (χ1n) is 7.63. The second-order valence-corrected chi connectivity index (χ2v) is 5.26. The molecule has 1 heterocycles. The van der Waals surface area contributed by atoms with Gasteiger partial charge in [0.1, 0.15) is 12.1 Å². The number of ether oxygens (including phenoxy) is 3. The molecule has 0 spiro atoms. The Kier molecular flexibility index (Phi) is 4.93. The summed E-state index contributed by atoms with van der Waals surface area (Å²) in [5, 5.41) is 11.6. The number of para-hydroxylation sites is 2. The fourth-order valence-corrected chi connectivity index (χ4v) is 2.18. The van der Waals surface area contributed by atoms with Gasteiger partial charge in [-0.1, -0.05) is 29.8 Å². The number of nitrogens with zero attached hydrogens (tertiary/aromatic N) is 3. The van der Waals surface area contributed by atoms with Crippen LogP contribution < -0.4 is 14.2 Å². The summed E-state index contributed by atoms with van der Waals surface area (Å²) < 4.78 is 16.3. The monoisotopic (exact) mass is 353 g/mol. The van der Waals surface area contributed by atoms with E-state index in [9.17, 15) is 10.1 Å². The third-order valence-electron chi connectivity index (χ3n) is 3.45. The molecule has 0 aliphatic heterocycles. The summed E-state index contributed by atoms with van der Waals surface area (Å²) in [5.41, 5.74) is 0.564. The normalized spacial score (nSPS) is 10.2. The Hall–Kier alpha value is -3.68. The Morgan fingerprint density at radius 2 is 1.54 bits per heavy atom. The molecule has 3 aromatic rings. The van der Waals surface area contributed by atoms with Gasteiger partial charge >= 0.3 is 17.4 Å². The second kappa shape index (κ2) is 7.47. The lowest BCUT2D eigenvalue weighted by Crippen LogP contribution is -2.01. The number of methoxy groups -OCH3 is 1. The first-order valence-corrected chi connectivity index (χ1v) is 7.63. The van der Waals surface area contributed by atoms with E-state index in [1.807, 2.05) is 19.1 Å². The summed E-state index contributed by atoms with van der Waals surface area (Å²) >= 11 is 0. The van der Waals surface area contributed by atoms with Crippen molar-refractivity contribution in [3.8, 4) is 29.0 Å². The molecule has 0 saturated carbocycles. The number of hydrogen-bond acceptors (Lipinski definition) is 7. The molecule has 0 saturated heterocycles. The summed E-state index contributed by atoms with van der Waals surface area (Å²) in [6, 6.07) is 13.8. The smallest absolute Gasteiger partial charge is 0.393 e. The largest absolute Gasteiger partial charge is 0.493 e. The maximum Gasteiger partial charge on any atom is 0.393 e. The van der Waals surface area contributed by atoms with E-state index in [1.165, 1.54) is 7.11 Å². The van der Waals surface area contributed by atoms with Crippen molar-refractivity contribution >= 4 is 5.69 Å². The molecule has 132 valence electrons. The molecule has 0 atom stereocenters. The van der Waals surface area contributed by atoms with Crippen molar-refractivity contribution in [3.63, 3.8) is 0 Å². The quantitative estimate of drug-likeness (QED) is 0.482. The Balaban J connectivity index is 1.98. The minimum Gasteiger partial charge on any atom is -0.493 e. The first kappa shape index (κ1) is 17.2. The minimum absolute atomic E-state index is 0.209. The van der Waals surface area contributed by atoms with E-state index in [-0.39, 0.29) is 17.5 Å². The van der Waals surface area contributed by atoms with E-state index in [0.29, 0.717) is 11.5 Å². The number of rotatable bonds is 6. The molecule has 26 heavy (non-hydrogen) atoms. The van der Waals surface area contributed by atoms with Gasteiger partial charge in [-0.2, -0.15) is 9.97 Å². The van der Waals surface area contributed by atoms with Crippen molar-refractivity contribution in [2.24, 2.45) is 0 Å². The SMILES string of the molecule is COc1ccccc1Oc1ncnc(Oc2ccc(C)cc2)c1[N+](=O)[O-]. The van der Waals surface area contributed by atoms with Gasteiger partial charge in [-0.3, -0.25) is 10.1 Å². The fraction of sp³-hybridized carbons (Fsp3) is 0.111. The van der Waals surface area contributed by atoms with Crippen LogP contribution in [0.4, 0.5) is 5.69 Å². The number of nitro groups is 1. The van der Waals surface area contributed by atoms with Crippen molar-refractivity contribution in [2.75, 3.05) is 7.11 Å². The standard InChI is InChI=1S/C18H15N3O5/c1-12-7-9-13(10-8-12)25-17-16(21(22)23)18(20-11-19-17)26-15-6-4-3-5-14(15)24-2/h3-11H,1-2H3. The average Bonchev–Trinajstić information content (AvgIpc) is 2.64. The zero-order valence-electron chi connectivity index (χ0n) is 14.1. The van der Waals surface area contributed by atoms with Crippen molar-refractivity contribution < 1.29 is 19.1 Å². The summed E-state index contributed by atoms with van der Waals surface area (Å²) in [7, 11) is 1.47. The maximum absolute atomic E-state index is 11.6. The number of hydrogen-bond donors (Lipinski definition) is 0. The van der Waals surface area contributed by atoms with Crippen LogP contribution in [0.3, 0.4) is 0 Å². The van der Waals surface area contributed by atoms with Crippen LogP contribution >= 0.6 is 0 Å². The topological polar surface area (TPSA) is 96.6 Å². The third-order valence-corrected chi connectivity index (χ3v) is 3.45. The number of benzene rings is 2. The molecule has 2 aromatic carbocycles. The van der Waals surface area contributed by atoms with Crippen LogP contribution in [0.25, 0.3) is 0 Å². The highest BCUT2D eigenvalue weighted by molar-refractivity contribution is 5.53. The molecule has 8 nitrogen and oxygen atoms in total. The molecule has 0 amide bonds. The highest BCUT2D eigenvalue weighted by Gasteiger charge is 2.27. The van der Waals surface area contributed by atoms with Crippen LogP contribution in [-0.4, -0.2) is 22.0 Å². The van der Waals surface area contributed by atoms with Gasteiger partial charge in [-0.15, -0.1) is 0 Å². The van der Waals surface area contributed by atoms with Crippen molar-refractivity contribution in [1.29, 1.82) is 0 Å². The van der Waals surface area contributed by atoms with Gasteiger partial charge in [-0.25, -0.2) is 0 Å². The average molecular weight is 353 g/mol. The summed E-state index contributed by atoms with van der Waals surface area (Å²) in [5.74, 6) is 0.676. The first-order chi connectivity index (χ1) is 12.6. The third kappa shape index (κ3) is 3.69. The van der Waals surface area contributed by atoms with Crippen LogP contribution in [0.1, 0.15) is 5.56 Å². The van der Waals surface area contributed by atoms with Gasteiger partial charge in [0.15, 0.2) is 11.5 Å². The zero-order valence-corrected chi connectivity index (χ0v) is 14.1. The van der Waals surface area contributed by atoms with Crippen LogP contribution in [-0.2, 0) is 0 Å². The highest BCUT2D eigenvalue weighted by Crippen LogP contribution is 2.39. The summed E-state index contributed by atoms with van der Waals surface area (Å²) in [6.07, 6.45) is 1.14. The molecule has 0 radical (unpaired) electrons. The maximum atomic E-state index is 11.6. The van der Waals surface area contributed by atoms with Gasteiger partial charge in [0.25, 0.3) is 0 Å². The molecule has 0 fully saturated rings. The van der Waals surface area contributed by atoms with Gasteiger partial charge in [0.05, 0.1) is 12.0 Å². The number of aryl methyl sites for hydroxylation is 1. The summed E-state index contributed by atoms with van der Waals surface area (Å²) in [4.78, 5) is 18.7. The molecule has 0 bridgehead atoms. The molecule has 8 heteroatoms. The van der Waals surface area contributed by atoms with Crippen LogP contribution in [0.2, 0.25) is 0 Å². The molecule has 3 rings (SSSR count). The lowest BCUT2D eigenvalue weighted by atomic mass is 10.2. The highest BCUT2D eigenvalue weighted by atomic mass is 16.6. The van der Waals surface area contributed by atoms with E-state index in [0.717, 1.165) is 11.9 Å². The van der Waals surface area contributed by atoms with Gasteiger partial charge in [-0.05, 0) is 31.2 Å². The predicted octanol–water partition coefficient (Wildman–Crippen LogP) is 4.29. The van der Waals surface area contributed by atoms with Crippen molar-refractivity contribution in [3.05, 3.63) is 70.5 Å². The van der Waals surface area contributed by atoms with E-state index in [4.69, 9.17) is 14.2 Å². The van der Waals surface area contributed by atoms with Gasteiger partial charge < -0.3 is 14.2 Å². The second-order valence-electron chi connectivity index (χ2n) is 5.26. The number of aromatic nitrogens is 2. The summed E-state index contributed by atoms with van der Waals surface area (Å²) in [6.45, 7) is 1.93. The van der Waals surface area contributed by atoms with E-state index in [2.05, 4.69) is 9.97 Å². The van der Waals surface area contributed by atoms with E-state index in [1.54, 1.807) is 36.4 Å². The van der Waals surface area contributed by atoms with Crippen LogP contribution in [0.5, 0.6) is 29.0 Å². The van der Waals surface area contributed by atoms with E-state index >= 15 is 0 Å². The van der Waals surface area contributed by atoms with Crippen LogP contribution in [0, 0.1) is 17.0 Å². The Bertz CT molecular complexity index is 928. The zero-order chi connectivity index (χ0) is 18.5. The lowest BCUT2D eigenvalue weighted by Gasteiger charge is -2.10. The lowest BCUT2D eigenvalue weighted by molar-refractivity contribution is -0.387. The molecule has 0 N–H and O–H groups in total. The van der Waals surface area contributed by atoms with Crippen molar-refractivity contribution in [2.45, 2.75) is 6.92 Å². The minimum atomic E-state index is -0.645.